The van der Waals surface area contributed by atoms with E-state index in [4.69, 9.17) is 17.3 Å². The number of aromatic nitrogens is 1. The summed E-state index contributed by atoms with van der Waals surface area (Å²) in [6, 6.07) is 6.02. The molecule has 0 spiro atoms. The Kier molecular flexibility index (Phi) is 8.18. The zero-order chi connectivity index (χ0) is 24.8. The highest BCUT2D eigenvalue weighted by Crippen LogP contribution is 2.29. The largest absolute Gasteiger partial charge is 0.435 e. The molecule has 1 saturated heterocycles. The summed E-state index contributed by atoms with van der Waals surface area (Å²) in [5.74, 6) is -1.36. The van der Waals surface area contributed by atoms with Gasteiger partial charge in [0, 0.05) is 24.3 Å². The maximum absolute atomic E-state index is 12.7. The van der Waals surface area contributed by atoms with Crippen LogP contribution in [-0.2, 0) is 21.0 Å². The van der Waals surface area contributed by atoms with Crippen LogP contribution in [0.2, 0.25) is 5.02 Å². The lowest BCUT2D eigenvalue weighted by Gasteiger charge is -2.40. The van der Waals surface area contributed by atoms with Gasteiger partial charge in [0.15, 0.2) is 11.9 Å². The van der Waals surface area contributed by atoms with Gasteiger partial charge >= 0.3 is 6.61 Å². The molecule has 2 amide bonds. The highest BCUT2D eigenvalue weighted by atomic mass is 35.5. The molecule has 2 heterocycles. The van der Waals surface area contributed by atoms with Gasteiger partial charge < -0.3 is 30.6 Å². The van der Waals surface area contributed by atoms with E-state index in [1.165, 1.54) is 24.3 Å². The topological polar surface area (TPSA) is 139 Å². The number of aliphatic hydroxyl groups is 1. The fourth-order valence-corrected chi connectivity index (χ4v) is 3.50. The fourth-order valence-electron chi connectivity index (χ4n) is 3.27. The van der Waals surface area contributed by atoms with Crippen molar-refractivity contribution in [2.45, 2.75) is 31.7 Å². The molecular formula is C21H22ClF2N5O5. The van der Waals surface area contributed by atoms with Crippen LogP contribution in [-0.4, -0.2) is 58.9 Å². The first kappa shape index (κ1) is 25.1. The Morgan fingerprint density at radius 1 is 1.38 bits per heavy atom. The molecular weight excluding hydrogens is 476 g/mol. The van der Waals surface area contributed by atoms with Crippen LogP contribution in [0.4, 0.5) is 8.78 Å². The Morgan fingerprint density at radius 2 is 2.15 bits per heavy atom. The zero-order valence-electron chi connectivity index (χ0n) is 18.0. The Morgan fingerprint density at radius 3 is 2.74 bits per heavy atom. The number of aliphatic hydroxyl groups excluding tert-OH is 1. The summed E-state index contributed by atoms with van der Waals surface area (Å²) in [7, 11) is 1.36. The van der Waals surface area contributed by atoms with Crippen molar-refractivity contribution in [3.8, 4) is 5.75 Å². The lowest BCUT2D eigenvalue weighted by atomic mass is 9.98. The minimum absolute atomic E-state index is 0.00720. The number of benzene rings is 1. The number of nitrogens with zero attached hydrogens (tertiary/aromatic N) is 3. The van der Waals surface area contributed by atoms with Crippen molar-refractivity contribution < 1.29 is 33.1 Å². The van der Waals surface area contributed by atoms with Crippen LogP contribution in [0.15, 0.2) is 41.7 Å². The first-order valence-electron chi connectivity index (χ1n) is 10.0. The molecule has 1 aliphatic heterocycles. The van der Waals surface area contributed by atoms with Gasteiger partial charge in [-0.3, -0.25) is 14.6 Å². The van der Waals surface area contributed by atoms with Crippen LogP contribution in [0.25, 0.3) is 0 Å². The second-order valence-electron chi connectivity index (χ2n) is 7.27. The molecule has 10 nitrogen and oxygen atoms in total. The molecule has 1 aliphatic rings. The highest BCUT2D eigenvalue weighted by molar-refractivity contribution is 6.30. The van der Waals surface area contributed by atoms with Crippen molar-refractivity contribution in [3.63, 3.8) is 0 Å². The first-order valence-corrected chi connectivity index (χ1v) is 10.4. The lowest BCUT2D eigenvalue weighted by Crippen LogP contribution is -2.59. The standard InChI is InChI=1S/C21H22ClF2N5O5/c1-33-28-18(25)15-3-2-11(9-26-15)10-27-19(31)16-4-5-29(16)20(32)17(30)12-6-13(22)8-14(7-12)34-21(23)24/h2-3,6-9,16-17,21,30H,4-5,10H2,1H3,(H2,25,28)(H,27,31)/t16-,17+/m0/s1. The molecule has 0 radical (unpaired) electrons. The predicted octanol–water partition coefficient (Wildman–Crippen LogP) is 1.55. The quantitative estimate of drug-likeness (QED) is 0.271. The third-order valence-electron chi connectivity index (χ3n) is 5.02. The van der Waals surface area contributed by atoms with Crippen LogP contribution >= 0.6 is 11.6 Å². The first-order chi connectivity index (χ1) is 16.2. The number of likely N-dealkylation sites (tertiary alicyclic amines) is 1. The second-order valence-corrected chi connectivity index (χ2v) is 7.70. The molecule has 13 heteroatoms. The van der Waals surface area contributed by atoms with Crippen LogP contribution in [0.3, 0.4) is 0 Å². The summed E-state index contributed by atoms with van der Waals surface area (Å²) in [4.78, 5) is 35.2. The number of alkyl halides is 2. The molecule has 1 aromatic heterocycles. The number of amidine groups is 1. The number of nitrogens with one attached hydrogen (secondary N) is 1. The minimum atomic E-state index is -3.09. The van der Waals surface area contributed by atoms with E-state index in [0.29, 0.717) is 17.7 Å². The van der Waals surface area contributed by atoms with E-state index < -0.39 is 30.6 Å². The van der Waals surface area contributed by atoms with Gasteiger partial charge in [-0.05, 0) is 41.8 Å². The fraction of sp³-hybridized carbons (Fsp3) is 0.333. The third-order valence-corrected chi connectivity index (χ3v) is 5.24. The van der Waals surface area contributed by atoms with Gasteiger partial charge in [-0.15, -0.1) is 0 Å². The normalized spacial score (nSPS) is 16.6. The number of nitrogens with two attached hydrogens (primary N) is 1. The van der Waals surface area contributed by atoms with E-state index in [0.717, 1.165) is 12.1 Å². The van der Waals surface area contributed by atoms with Crippen molar-refractivity contribution in [3.05, 3.63) is 58.4 Å². The Bertz CT molecular complexity index is 1070. The molecule has 4 N–H and O–H groups in total. The second kappa shape index (κ2) is 11.1. The number of rotatable bonds is 9. The third kappa shape index (κ3) is 6.08. The van der Waals surface area contributed by atoms with E-state index in [1.807, 2.05) is 0 Å². The highest BCUT2D eigenvalue weighted by Gasteiger charge is 2.40. The van der Waals surface area contributed by atoms with E-state index in [9.17, 15) is 23.5 Å². The molecule has 34 heavy (non-hydrogen) atoms. The number of oxime groups is 1. The van der Waals surface area contributed by atoms with Crippen molar-refractivity contribution in [2.75, 3.05) is 13.7 Å². The van der Waals surface area contributed by atoms with Crippen LogP contribution in [0.1, 0.15) is 29.3 Å². The van der Waals surface area contributed by atoms with Gasteiger partial charge in [-0.25, -0.2) is 0 Å². The maximum Gasteiger partial charge on any atom is 0.387 e. The van der Waals surface area contributed by atoms with Gasteiger partial charge in [0.05, 0.1) is 0 Å². The SMILES string of the molecule is CON=C(N)c1ccc(CNC(=O)[C@@H]2CCN2C(=O)[C@H](O)c2cc(Cl)cc(OC(F)F)c2)cn1. The maximum atomic E-state index is 12.7. The molecule has 0 saturated carbocycles. The van der Waals surface area contributed by atoms with Gasteiger partial charge in [-0.1, -0.05) is 22.8 Å². The van der Waals surface area contributed by atoms with Crippen molar-refractivity contribution >= 4 is 29.3 Å². The van der Waals surface area contributed by atoms with Crippen LogP contribution < -0.4 is 15.8 Å². The molecule has 182 valence electrons. The molecule has 2 aromatic rings. The summed E-state index contributed by atoms with van der Waals surface area (Å²) in [6.45, 7) is -2.69. The molecule has 3 rings (SSSR count). The summed E-state index contributed by atoms with van der Waals surface area (Å²) >= 11 is 5.88. The summed E-state index contributed by atoms with van der Waals surface area (Å²) in [5, 5.41) is 16.8. The number of carbonyl (C=O) groups is 2. The molecule has 2 atom stereocenters. The Hall–Kier alpha value is -3.51. The molecule has 0 bridgehead atoms. The minimum Gasteiger partial charge on any atom is -0.435 e. The number of pyridine rings is 1. The molecule has 0 aliphatic carbocycles. The van der Waals surface area contributed by atoms with Gasteiger partial charge in [0.25, 0.3) is 5.91 Å². The van der Waals surface area contributed by atoms with Gasteiger partial charge in [0.1, 0.15) is 24.6 Å². The molecule has 1 fully saturated rings. The summed E-state index contributed by atoms with van der Waals surface area (Å²) < 4.78 is 29.3. The average Bonchev–Trinajstić information content (AvgIpc) is 2.76. The Labute approximate surface area is 198 Å². The molecule has 1 aromatic carbocycles. The van der Waals surface area contributed by atoms with E-state index in [1.54, 1.807) is 12.1 Å². The number of hydrogen-bond acceptors (Lipinski definition) is 7. The molecule has 0 unspecified atom stereocenters. The van der Waals surface area contributed by atoms with E-state index >= 15 is 0 Å². The summed E-state index contributed by atoms with van der Waals surface area (Å²) in [6.07, 6.45) is 0.213. The van der Waals surface area contributed by atoms with E-state index in [2.05, 4.69) is 25.0 Å². The van der Waals surface area contributed by atoms with E-state index in [-0.39, 0.29) is 35.3 Å². The van der Waals surface area contributed by atoms with Crippen molar-refractivity contribution in [1.82, 2.24) is 15.2 Å². The Balaban J connectivity index is 1.59. The predicted molar refractivity (Wildman–Crippen MR) is 117 cm³/mol. The van der Waals surface area contributed by atoms with Crippen LogP contribution in [0, 0.1) is 0 Å². The average molecular weight is 498 g/mol. The zero-order valence-corrected chi connectivity index (χ0v) is 18.7. The number of halogens is 3. The smallest absolute Gasteiger partial charge is 0.387 e. The number of amides is 2. The van der Waals surface area contributed by atoms with Crippen LogP contribution in [0.5, 0.6) is 5.75 Å². The number of hydrogen-bond donors (Lipinski definition) is 3. The lowest BCUT2D eigenvalue weighted by molar-refractivity contribution is -0.154. The monoisotopic (exact) mass is 497 g/mol. The van der Waals surface area contributed by atoms with Gasteiger partial charge in [-0.2, -0.15) is 8.78 Å². The van der Waals surface area contributed by atoms with Crippen molar-refractivity contribution in [2.24, 2.45) is 10.9 Å². The van der Waals surface area contributed by atoms with Gasteiger partial charge in [0.2, 0.25) is 5.91 Å². The summed E-state index contributed by atoms with van der Waals surface area (Å²) in [5.41, 5.74) is 6.74. The van der Waals surface area contributed by atoms with Crippen molar-refractivity contribution in [1.29, 1.82) is 0 Å². The number of ether oxygens (including phenoxy) is 1. The number of carbonyl (C=O) groups excluding carboxylic acids is 2.